The lowest BCUT2D eigenvalue weighted by Crippen LogP contribution is -2.37. The maximum absolute atomic E-state index is 11.9. The van der Waals surface area contributed by atoms with Crippen LogP contribution in [0.2, 0.25) is 0 Å². The molecule has 0 aliphatic heterocycles. The summed E-state index contributed by atoms with van der Waals surface area (Å²) in [6, 6.07) is 3.36. The number of hydrogen-bond acceptors (Lipinski definition) is 3. The van der Waals surface area contributed by atoms with Gasteiger partial charge in [-0.3, -0.25) is 4.79 Å². The van der Waals surface area contributed by atoms with Crippen LogP contribution in [-0.4, -0.2) is 17.4 Å². The van der Waals surface area contributed by atoms with Crippen molar-refractivity contribution >= 4 is 11.7 Å². The van der Waals surface area contributed by atoms with Crippen molar-refractivity contribution in [2.75, 3.05) is 12.3 Å². The molecule has 0 bridgehead atoms. The third-order valence-corrected chi connectivity index (χ3v) is 3.78. The van der Waals surface area contributed by atoms with Gasteiger partial charge in [0.15, 0.2) is 0 Å². The Morgan fingerprint density at radius 2 is 2.11 bits per heavy atom. The van der Waals surface area contributed by atoms with E-state index in [1.165, 1.54) is 38.3 Å². The van der Waals surface area contributed by atoms with Crippen LogP contribution in [0.4, 0.5) is 5.82 Å². The van der Waals surface area contributed by atoms with Crippen LogP contribution in [0, 0.1) is 5.41 Å². The molecule has 0 aromatic carbocycles. The first kappa shape index (κ1) is 12.9. The van der Waals surface area contributed by atoms with E-state index in [-0.39, 0.29) is 11.3 Å². The average molecular weight is 247 g/mol. The Morgan fingerprint density at radius 3 is 2.72 bits per heavy atom. The number of nitrogens with zero attached hydrogens (tertiary/aromatic N) is 1. The van der Waals surface area contributed by atoms with E-state index in [0.29, 0.717) is 11.4 Å². The molecule has 1 fully saturated rings. The molecule has 0 unspecified atom stereocenters. The fourth-order valence-electron chi connectivity index (χ4n) is 2.52. The van der Waals surface area contributed by atoms with Gasteiger partial charge >= 0.3 is 0 Å². The zero-order valence-electron chi connectivity index (χ0n) is 10.9. The van der Waals surface area contributed by atoms with Gasteiger partial charge < -0.3 is 11.1 Å². The summed E-state index contributed by atoms with van der Waals surface area (Å²) in [5.41, 5.74) is 6.33. The van der Waals surface area contributed by atoms with Crippen molar-refractivity contribution in [2.45, 2.75) is 39.0 Å². The van der Waals surface area contributed by atoms with Crippen molar-refractivity contribution in [3.63, 3.8) is 0 Å². The summed E-state index contributed by atoms with van der Waals surface area (Å²) >= 11 is 0. The highest BCUT2D eigenvalue weighted by Crippen LogP contribution is 2.34. The first-order chi connectivity index (χ1) is 8.59. The number of rotatable bonds is 3. The number of anilines is 1. The summed E-state index contributed by atoms with van der Waals surface area (Å²) in [6.45, 7) is 3.00. The number of aromatic nitrogens is 1. The smallest absolute Gasteiger partial charge is 0.252 e. The Hall–Kier alpha value is -1.58. The molecule has 4 heteroatoms. The van der Waals surface area contributed by atoms with E-state index in [9.17, 15) is 4.79 Å². The molecule has 1 aliphatic carbocycles. The van der Waals surface area contributed by atoms with Crippen LogP contribution < -0.4 is 11.1 Å². The molecule has 3 N–H and O–H groups in total. The number of amides is 1. The van der Waals surface area contributed by atoms with Crippen LogP contribution in [0.1, 0.15) is 49.4 Å². The Kier molecular flexibility index (Phi) is 3.84. The minimum Gasteiger partial charge on any atom is -0.384 e. The number of nitrogens with one attached hydrogen (secondary N) is 1. The third-order valence-electron chi connectivity index (χ3n) is 3.78. The van der Waals surface area contributed by atoms with E-state index in [0.717, 1.165) is 6.54 Å². The summed E-state index contributed by atoms with van der Waals surface area (Å²) in [6.07, 6.45) is 7.80. The van der Waals surface area contributed by atoms with E-state index in [1.807, 2.05) is 0 Å². The molecular weight excluding hydrogens is 226 g/mol. The largest absolute Gasteiger partial charge is 0.384 e. The van der Waals surface area contributed by atoms with Gasteiger partial charge in [-0.2, -0.15) is 0 Å². The summed E-state index contributed by atoms with van der Waals surface area (Å²) < 4.78 is 0. The fourth-order valence-corrected chi connectivity index (χ4v) is 2.52. The molecule has 0 atom stereocenters. The lowest BCUT2D eigenvalue weighted by Gasteiger charge is -2.33. The molecule has 0 spiro atoms. The van der Waals surface area contributed by atoms with E-state index < -0.39 is 0 Å². The number of nitrogens with two attached hydrogens (primary N) is 1. The molecule has 4 nitrogen and oxygen atoms in total. The van der Waals surface area contributed by atoms with Crippen LogP contribution in [-0.2, 0) is 0 Å². The van der Waals surface area contributed by atoms with E-state index in [2.05, 4.69) is 17.2 Å². The van der Waals surface area contributed by atoms with Gasteiger partial charge in [0.25, 0.3) is 5.91 Å². The molecule has 1 saturated carbocycles. The van der Waals surface area contributed by atoms with Crippen molar-refractivity contribution in [3.8, 4) is 0 Å². The standard InChI is InChI=1S/C14H21N3O/c1-14(7-3-2-4-8-14)10-17-13(18)11-5-6-12(15)16-9-11/h5-6,9H,2-4,7-8,10H2,1H3,(H2,15,16)(H,17,18). The Morgan fingerprint density at radius 1 is 1.39 bits per heavy atom. The molecule has 1 aromatic rings. The van der Waals surface area contributed by atoms with Crippen LogP contribution in [0.3, 0.4) is 0 Å². The third kappa shape index (κ3) is 3.22. The van der Waals surface area contributed by atoms with E-state index in [1.54, 1.807) is 12.1 Å². The number of carbonyl (C=O) groups is 1. The van der Waals surface area contributed by atoms with Crippen LogP contribution in [0.5, 0.6) is 0 Å². The lowest BCUT2D eigenvalue weighted by atomic mass is 9.76. The second-order valence-electron chi connectivity index (χ2n) is 5.53. The molecule has 1 heterocycles. The van der Waals surface area contributed by atoms with Gasteiger partial charge in [0.1, 0.15) is 5.82 Å². The van der Waals surface area contributed by atoms with Gasteiger partial charge in [-0.25, -0.2) is 4.98 Å². The molecule has 18 heavy (non-hydrogen) atoms. The number of carbonyl (C=O) groups excluding carboxylic acids is 1. The zero-order chi connectivity index (χ0) is 13.0. The molecule has 0 saturated heterocycles. The highest BCUT2D eigenvalue weighted by molar-refractivity contribution is 5.94. The summed E-state index contributed by atoms with van der Waals surface area (Å²) in [5.74, 6) is 0.375. The normalized spacial score (nSPS) is 18.3. The highest BCUT2D eigenvalue weighted by atomic mass is 16.1. The molecule has 1 aromatic heterocycles. The van der Waals surface area contributed by atoms with Gasteiger partial charge in [0.05, 0.1) is 5.56 Å². The number of hydrogen-bond donors (Lipinski definition) is 2. The van der Waals surface area contributed by atoms with Crippen molar-refractivity contribution in [1.82, 2.24) is 10.3 Å². The molecule has 98 valence electrons. The Balaban J connectivity index is 1.89. The molecule has 0 radical (unpaired) electrons. The minimum atomic E-state index is -0.0608. The maximum atomic E-state index is 11.9. The predicted molar refractivity (Wildman–Crippen MR) is 72.2 cm³/mol. The van der Waals surface area contributed by atoms with Crippen LogP contribution in [0.15, 0.2) is 18.3 Å². The van der Waals surface area contributed by atoms with Crippen LogP contribution in [0.25, 0.3) is 0 Å². The fraction of sp³-hybridized carbons (Fsp3) is 0.571. The summed E-state index contributed by atoms with van der Waals surface area (Å²) in [7, 11) is 0. The first-order valence-corrected chi connectivity index (χ1v) is 6.59. The molecule has 1 aliphatic rings. The second-order valence-corrected chi connectivity index (χ2v) is 5.53. The average Bonchev–Trinajstić information content (AvgIpc) is 2.38. The van der Waals surface area contributed by atoms with Crippen molar-refractivity contribution in [1.29, 1.82) is 0 Å². The monoisotopic (exact) mass is 247 g/mol. The van der Waals surface area contributed by atoms with Crippen molar-refractivity contribution in [2.24, 2.45) is 5.41 Å². The van der Waals surface area contributed by atoms with Crippen LogP contribution >= 0.6 is 0 Å². The van der Waals surface area contributed by atoms with Crippen molar-refractivity contribution in [3.05, 3.63) is 23.9 Å². The van der Waals surface area contributed by atoms with E-state index >= 15 is 0 Å². The van der Waals surface area contributed by atoms with Gasteiger partial charge in [-0.05, 0) is 30.4 Å². The molecular formula is C14H21N3O. The van der Waals surface area contributed by atoms with Gasteiger partial charge in [-0.15, -0.1) is 0 Å². The van der Waals surface area contributed by atoms with E-state index in [4.69, 9.17) is 5.73 Å². The van der Waals surface area contributed by atoms with Gasteiger partial charge in [0, 0.05) is 12.7 Å². The highest BCUT2D eigenvalue weighted by Gasteiger charge is 2.27. The quantitative estimate of drug-likeness (QED) is 0.861. The van der Waals surface area contributed by atoms with Crippen molar-refractivity contribution < 1.29 is 4.79 Å². The Bertz CT molecular complexity index is 408. The molecule has 2 rings (SSSR count). The SMILES string of the molecule is CC1(CNC(=O)c2ccc(N)nc2)CCCCC1. The topological polar surface area (TPSA) is 68.0 Å². The number of nitrogen functional groups attached to an aromatic ring is 1. The zero-order valence-corrected chi connectivity index (χ0v) is 10.9. The van der Waals surface area contributed by atoms with Gasteiger partial charge in [-0.1, -0.05) is 26.2 Å². The number of pyridine rings is 1. The maximum Gasteiger partial charge on any atom is 0.252 e. The predicted octanol–water partition coefficient (Wildman–Crippen LogP) is 2.36. The summed E-state index contributed by atoms with van der Waals surface area (Å²) in [4.78, 5) is 15.9. The van der Waals surface area contributed by atoms with Gasteiger partial charge in [0.2, 0.25) is 0 Å². The second kappa shape index (κ2) is 5.38. The molecule has 1 amide bonds. The summed E-state index contributed by atoms with van der Waals surface area (Å²) in [5, 5.41) is 3.01. The Labute approximate surface area is 108 Å². The minimum absolute atomic E-state index is 0.0608. The lowest BCUT2D eigenvalue weighted by molar-refractivity contribution is 0.0919. The first-order valence-electron chi connectivity index (χ1n) is 6.59.